The van der Waals surface area contributed by atoms with Crippen molar-refractivity contribution >= 4 is 35.6 Å². The maximum absolute atomic E-state index is 5.36. The summed E-state index contributed by atoms with van der Waals surface area (Å²) < 4.78 is 5.36. The zero-order chi connectivity index (χ0) is 18.6. The molecule has 0 bridgehead atoms. The molecule has 1 aromatic carbocycles. The molecule has 0 radical (unpaired) electrons. The standard InChI is InChI=1S/C21H33N5O.HI/c1-22-21(23-15-17-8-9-26(16-17)18-6-7-18)25-12-10-24(11-13-25)19-4-3-5-20(14-19)27-2;/h3-5,14,17-18H,6-13,15-16H2,1-2H3,(H,22,23);1H. The third kappa shape index (κ3) is 5.23. The first-order chi connectivity index (χ1) is 13.3. The molecule has 1 aromatic rings. The SMILES string of the molecule is CN=C(NCC1CCN(C2CC2)C1)N1CCN(c2cccc(OC)c2)CC1.I. The van der Waals surface area contributed by atoms with Crippen LogP contribution in [0.15, 0.2) is 29.3 Å². The van der Waals surface area contributed by atoms with Crippen molar-refractivity contribution in [1.82, 2.24) is 15.1 Å². The van der Waals surface area contributed by atoms with Crippen molar-refractivity contribution in [2.45, 2.75) is 25.3 Å². The van der Waals surface area contributed by atoms with Crippen LogP contribution in [0.5, 0.6) is 5.75 Å². The van der Waals surface area contributed by atoms with Gasteiger partial charge in [0.25, 0.3) is 0 Å². The number of likely N-dealkylation sites (tertiary alicyclic amines) is 1. The van der Waals surface area contributed by atoms with Gasteiger partial charge in [-0.15, -0.1) is 24.0 Å². The number of aliphatic imine (C=N–C) groups is 1. The van der Waals surface area contributed by atoms with Crippen LogP contribution < -0.4 is 15.0 Å². The van der Waals surface area contributed by atoms with Crippen LogP contribution >= 0.6 is 24.0 Å². The number of rotatable bonds is 5. The van der Waals surface area contributed by atoms with Crippen molar-refractivity contribution < 1.29 is 4.74 Å². The Labute approximate surface area is 186 Å². The van der Waals surface area contributed by atoms with Gasteiger partial charge >= 0.3 is 0 Å². The molecule has 156 valence electrons. The van der Waals surface area contributed by atoms with Crippen LogP contribution in [0.3, 0.4) is 0 Å². The van der Waals surface area contributed by atoms with E-state index in [-0.39, 0.29) is 24.0 Å². The van der Waals surface area contributed by atoms with Gasteiger partial charge in [0.15, 0.2) is 5.96 Å². The zero-order valence-electron chi connectivity index (χ0n) is 17.1. The maximum atomic E-state index is 5.36. The lowest BCUT2D eigenvalue weighted by molar-refractivity contribution is 0.312. The lowest BCUT2D eigenvalue weighted by Gasteiger charge is -2.38. The van der Waals surface area contributed by atoms with Crippen molar-refractivity contribution in [3.63, 3.8) is 0 Å². The van der Waals surface area contributed by atoms with Gasteiger partial charge in [-0.05, 0) is 43.9 Å². The number of piperazine rings is 1. The molecule has 2 aliphatic heterocycles. The molecule has 0 aromatic heterocycles. The Morgan fingerprint density at radius 3 is 2.61 bits per heavy atom. The fourth-order valence-electron chi connectivity index (χ4n) is 4.35. The van der Waals surface area contributed by atoms with E-state index in [9.17, 15) is 0 Å². The highest BCUT2D eigenvalue weighted by Gasteiger charge is 2.34. The Bertz CT molecular complexity index is 658. The van der Waals surface area contributed by atoms with E-state index in [2.05, 4.69) is 43.2 Å². The van der Waals surface area contributed by atoms with E-state index in [0.717, 1.165) is 56.4 Å². The fourth-order valence-corrected chi connectivity index (χ4v) is 4.35. The van der Waals surface area contributed by atoms with E-state index >= 15 is 0 Å². The van der Waals surface area contributed by atoms with Crippen molar-refractivity contribution in [2.75, 3.05) is 64.9 Å². The molecular weight excluding hydrogens is 465 g/mol. The van der Waals surface area contributed by atoms with E-state index in [1.54, 1.807) is 7.11 Å². The minimum absolute atomic E-state index is 0. The maximum Gasteiger partial charge on any atom is 0.193 e. The van der Waals surface area contributed by atoms with E-state index in [0.29, 0.717) is 0 Å². The highest BCUT2D eigenvalue weighted by Crippen LogP contribution is 2.31. The molecule has 1 aliphatic carbocycles. The number of hydrogen-bond acceptors (Lipinski definition) is 4. The van der Waals surface area contributed by atoms with Crippen LogP contribution in [0.1, 0.15) is 19.3 Å². The normalized spacial score (nSPS) is 23.5. The Balaban J connectivity index is 0.00000225. The molecule has 3 aliphatic rings. The number of nitrogens with one attached hydrogen (secondary N) is 1. The minimum atomic E-state index is 0. The molecule has 2 saturated heterocycles. The number of benzene rings is 1. The van der Waals surface area contributed by atoms with Crippen LogP contribution in [-0.4, -0.2) is 81.8 Å². The Kier molecular flexibility index (Phi) is 7.68. The summed E-state index contributed by atoms with van der Waals surface area (Å²) in [6.07, 6.45) is 4.16. The monoisotopic (exact) mass is 499 g/mol. The summed E-state index contributed by atoms with van der Waals surface area (Å²) in [5.41, 5.74) is 1.24. The average molecular weight is 499 g/mol. The van der Waals surface area contributed by atoms with Crippen molar-refractivity contribution in [3.05, 3.63) is 24.3 Å². The highest BCUT2D eigenvalue weighted by molar-refractivity contribution is 14.0. The Hall–Kier alpha value is -1.22. The van der Waals surface area contributed by atoms with Crippen LogP contribution in [0.25, 0.3) is 0 Å². The van der Waals surface area contributed by atoms with Gasteiger partial charge in [-0.25, -0.2) is 0 Å². The molecule has 28 heavy (non-hydrogen) atoms. The molecule has 7 heteroatoms. The molecule has 1 N–H and O–H groups in total. The van der Waals surface area contributed by atoms with Crippen molar-refractivity contribution in [2.24, 2.45) is 10.9 Å². The zero-order valence-corrected chi connectivity index (χ0v) is 19.5. The van der Waals surface area contributed by atoms with Crippen LogP contribution in [-0.2, 0) is 0 Å². The van der Waals surface area contributed by atoms with E-state index in [4.69, 9.17) is 4.74 Å². The fraction of sp³-hybridized carbons (Fsp3) is 0.667. The van der Waals surface area contributed by atoms with Crippen LogP contribution in [0.4, 0.5) is 5.69 Å². The second-order valence-electron chi connectivity index (χ2n) is 7.98. The molecule has 1 atom stereocenters. The second-order valence-corrected chi connectivity index (χ2v) is 7.98. The molecule has 0 spiro atoms. The summed E-state index contributed by atoms with van der Waals surface area (Å²) in [5, 5.41) is 3.64. The number of hydrogen-bond donors (Lipinski definition) is 1. The first kappa shape index (κ1) is 21.5. The number of halogens is 1. The number of nitrogens with zero attached hydrogens (tertiary/aromatic N) is 4. The Morgan fingerprint density at radius 2 is 1.93 bits per heavy atom. The van der Waals surface area contributed by atoms with E-state index < -0.39 is 0 Å². The van der Waals surface area contributed by atoms with E-state index in [1.165, 1.54) is 38.0 Å². The lowest BCUT2D eigenvalue weighted by Crippen LogP contribution is -2.53. The summed E-state index contributed by atoms with van der Waals surface area (Å²) in [6.45, 7) is 7.60. The molecule has 0 amide bonds. The van der Waals surface area contributed by atoms with Crippen LogP contribution in [0.2, 0.25) is 0 Å². The molecule has 3 fully saturated rings. The first-order valence-corrected chi connectivity index (χ1v) is 10.4. The predicted octanol–water partition coefficient (Wildman–Crippen LogP) is 2.49. The third-order valence-corrected chi connectivity index (χ3v) is 6.14. The second kappa shape index (κ2) is 10.0. The highest BCUT2D eigenvalue weighted by atomic mass is 127. The molecular formula is C21H34IN5O. The molecule has 1 unspecified atom stereocenters. The quantitative estimate of drug-likeness (QED) is 0.383. The number of ether oxygens (including phenoxy) is 1. The summed E-state index contributed by atoms with van der Waals surface area (Å²) >= 11 is 0. The number of guanidine groups is 1. The van der Waals surface area contributed by atoms with Gasteiger partial charge in [-0.3, -0.25) is 4.99 Å². The van der Waals surface area contributed by atoms with E-state index in [1.807, 2.05) is 13.1 Å². The van der Waals surface area contributed by atoms with Gasteiger partial charge in [0, 0.05) is 64.1 Å². The Morgan fingerprint density at radius 1 is 1.14 bits per heavy atom. The minimum Gasteiger partial charge on any atom is -0.497 e. The average Bonchev–Trinajstić information content (AvgIpc) is 3.47. The van der Waals surface area contributed by atoms with Gasteiger partial charge in [-0.1, -0.05) is 6.07 Å². The summed E-state index contributed by atoms with van der Waals surface area (Å²) in [4.78, 5) is 12.0. The molecule has 6 nitrogen and oxygen atoms in total. The first-order valence-electron chi connectivity index (χ1n) is 10.4. The molecule has 2 heterocycles. The van der Waals surface area contributed by atoms with Gasteiger partial charge in [0.1, 0.15) is 5.75 Å². The third-order valence-electron chi connectivity index (χ3n) is 6.14. The molecule has 4 rings (SSSR count). The van der Waals surface area contributed by atoms with Gasteiger partial charge in [0.05, 0.1) is 7.11 Å². The number of anilines is 1. The molecule has 1 saturated carbocycles. The van der Waals surface area contributed by atoms with Crippen molar-refractivity contribution in [1.29, 1.82) is 0 Å². The van der Waals surface area contributed by atoms with Gasteiger partial charge in [-0.2, -0.15) is 0 Å². The summed E-state index contributed by atoms with van der Waals surface area (Å²) in [5.74, 6) is 2.75. The predicted molar refractivity (Wildman–Crippen MR) is 126 cm³/mol. The van der Waals surface area contributed by atoms with Crippen molar-refractivity contribution in [3.8, 4) is 5.75 Å². The number of methoxy groups -OCH3 is 1. The summed E-state index contributed by atoms with van der Waals surface area (Å²) in [7, 11) is 3.63. The topological polar surface area (TPSA) is 43.3 Å². The lowest BCUT2D eigenvalue weighted by atomic mass is 10.1. The van der Waals surface area contributed by atoms with Gasteiger partial charge < -0.3 is 24.8 Å². The van der Waals surface area contributed by atoms with Gasteiger partial charge in [0.2, 0.25) is 0 Å². The smallest absolute Gasteiger partial charge is 0.193 e. The van der Waals surface area contributed by atoms with Crippen LogP contribution in [0, 0.1) is 5.92 Å². The summed E-state index contributed by atoms with van der Waals surface area (Å²) in [6, 6.07) is 9.25. The largest absolute Gasteiger partial charge is 0.497 e.